The summed E-state index contributed by atoms with van der Waals surface area (Å²) in [6.45, 7) is 3.79. The smallest absolute Gasteiger partial charge is 0.228 e. The standard InChI is InChI=1S/C21H26N4O/c1-15-17-11-12-19(26)25(14-6-9-16-7-3-2-4-8-16)21(17)24-20(23-15)18-10-5-13-22-18/h2-4,7-8,18,22H,5-6,9-14H2,1H3/t18-/m1/s1. The van der Waals surface area contributed by atoms with Crippen molar-refractivity contribution in [2.24, 2.45) is 0 Å². The van der Waals surface area contributed by atoms with Crippen molar-refractivity contribution in [3.8, 4) is 0 Å². The van der Waals surface area contributed by atoms with E-state index in [0.29, 0.717) is 13.0 Å². The van der Waals surface area contributed by atoms with Crippen molar-refractivity contribution >= 4 is 11.7 Å². The van der Waals surface area contributed by atoms with Crippen molar-refractivity contribution in [3.63, 3.8) is 0 Å². The predicted molar refractivity (Wildman–Crippen MR) is 102 cm³/mol. The van der Waals surface area contributed by atoms with Crippen LogP contribution in [0.2, 0.25) is 0 Å². The average Bonchev–Trinajstić information content (AvgIpc) is 3.19. The van der Waals surface area contributed by atoms with Gasteiger partial charge in [0.05, 0.1) is 6.04 Å². The Kier molecular flexibility index (Phi) is 4.98. The summed E-state index contributed by atoms with van der Waals surface area (Å²) < 4.78 is 0. The molecule has 3 heterocycles. The van der Waals surface area contributed by atoms with E-state index >= 15 is 0 Å². The molecule has 0 saturated carbocycles. The minimum absolute atomic E-state index is 0.189. The second kappa shape index (κ2) is 7.54. The zero-order valence-corrected chi connectivity index (χ0v) is 15.4. The number of hydrogen-bond donors (Lipinski definition) is 1. The molecule has 1 amide bonds. The molecule has 2 aromatic rings. The number of aryl methyl sites for hydroxylation is 2. The monoisotopic (exact) mass is 350 g/mol. The molecular formula is C21H26N4O. The fourth-order valence-electron chi connectivity index (χ4n) is 3.98. The van der Waals surface area contributed by atoms with Gasteiger partial charge in [0, 0.05) is 24.2 Å². The minimum Gasteiger partial charge on any atom is -0.307 e. The number of carbonyl (C=O) groups excluding carboxylic acids is 1. The third-order valence-corrected chi connectivity index (χ3v) is 5.42. The van der Waals surface area contributed by atoms with Gasteiger partial charge in [-0.2, -0.15) is 0 Å². The lowest BCUT2D eigenvalue weighted by atomic mass is 10.0. The first-order valence-corrected chi connectivity index (χ1v) is 9.67. The van der Waals surface area contributed by atoms with Crippen molar-refractivity contribution < 1.29 is 4.79 Å². The van der Waals surface area contributed by atoms with E-state index in [1.807, 2.05) is 11.0 Å². The summed E-state index contributed by atoms with van der Waals surface area (Å²) in [5, 5.41) is 3.47. The van der Waals surface area contributed by atoms with Crippen LogP contribution in [0.1, 0.15) is 54.4 Å². The zero-order chi connectivity index (χ0) is 17.9. The third kappa shape index (κ3) is 3.49. The highest BCUT2D eigenvalue weighted by Crippen LogP contribution is 2.31. The maximum Gasteiger partial charge on any atom is 0.228 e. The summed E-state index contributed by atoms with van der Waals surface area (Å²) in [6, 6.07) is 10.7. The van der Waals surface area contributed by atoms with Gasteiger partial charge in [0.1, 0.15) is 11.6 Å². The molecule has 2 aliphatic heterocycles. The lowest BCUT2D eigenvalue weighted by Gasteiger charge is -2.30. The fourth-order valence-corrected chi connectivity index (χ4v) is 3.98. The van der Waals surface area contributed by atoms with Crippen LogP contribution in [0.15, 0.2) is 30.3 Å². The molecule has 1 N–H and O–H groups in total. The number of fused-ring (bicyclic) bond motifs is 1. The van der Waals surface area contributed by atoms with Gasteiger partial charge < -0.3 is 5.32 Å². The highest BCUT2D eigenvalue weighted by molar-refractivity contribution is 5.95. The molecule has 26 heavy (non-hydrogen) atoms. The highest BCUT2D eigenvalue weighted by Gasteiger charge is 2.29. The van der Waals surface area contributed by atoms with E-state index in [1.165, 1.54) is 5.56 Å². The first-order chi connectivity index (χ1) is 12.7. The first kappa shape index (κ1) is 17.2. The fraction of sp³-hybridized carbons (Fsp3) is 0.476. The number of nitrogens with zero attached hydrogens (tertiary/aromatic N) is 3. The Hall–Kier alpha value is -2.27. The summed E-state index contributed by atoms with van der Waals surface area (Å²) in [5.74, 6) is 1.89. The van der Waals surface area contributed by atoms with Gasteiger partial charge in [0.25, 0.3) is 0 Å². The Morgan fingerprint density at radius 3 is 2.81 bits per heavy atom. The van der Waals surface area contributed by atoms with Crippen LogP contribution in [0.25, 0.3) is 0 Å². The maximum absolute atomic E-state index is 12.6. The van der Waals surface area contributed by atoms with E-state index in [4.69, 9.17) is 9.97 Å². The molecule has 5 nitrogen and oxygen atoms in total. The molecule has 0 bridgehead atoms. The van der Waals surface area contributed by atoms with Gasteiger partial charge in [-0.3, -0.25) is 9.69 Å². The van der Waals surface area contributed by atoms with Gasteiger partial charge in [0.15, 0.2) is 0 Å². The van der Waals surface area contributed by atoms with E-state index in [9.17, 15) is 4.79 Å². The second-order valence-electron chi connectivity index (χ2n) is 7.25. The van der Waals surface area contributed by atoms with Crippen LogP contribution < -0.4 is 10.2 Å². The number of hydrogen-bond acceptors (Lipinski definition) is 4. The lowest BCUT2D eigenvalue weighted by molar-refractivity contribution is -0.119. The Labute approximate surface area is 154 Å². The third-order valence-electron chi connectivity index (χ3n) is 5.42. The van der Waals surface area contributed by atoms with Crippen LogP contribution in [0.3, 0.4) is 0 Å². The average molecular weight is 350 g/mol. The van der Waals surface area contributed by atoms with E-state index in [1.54, 1.807) is 0 Å². The van der Waals surface area contributed by atoms with Gasteiger partial charge in [0.2, 0.25) is 5.91 Å². The van der Waals surface area contributed by atoms with Gasteiger partial charge in [-0.25, -0.2) is 9.97 Å². The molecule has 5 heteroatoms. The highest BCUT2D eigenvalue weighted by atomic mass is 16.2. The van der Waals surface area contributed by atoms with Gasteiger partial charge >= 0.3 is 0 Å². The van der Waals surface area contributed by atoms with E-state index in [2.05, 4.69) is 36.5 Å². The van der Waals surface area contributed by atoms with Gasteiger partial charge in [-0.1, -0.05) is 30.3 Å². The van der Waals surface area contributed by atoms with Crippen molar-refractivity contribution in [1.82, 2.24) is 15.3 Å². The number of carbonyl (C=O) groups is 1. The number of benzene rings is 1. The minimum atomic E-state index is 0.189. The Balaban J connectivity index is 1.55. The lowest BCUT2D eigenvalue weighted by Crippen LogP contribution is -2.38. The van der Waals surface area contributed by atoms with E-state index in [-0.39, 0.29) is 11.9 Å². The number of anilines is 1. The molecule has 1 aromatic heterocycles. The number of nitrogens with one attached hydrogen (secondary N) is 1. The van der Waals surface area contributed by atoms with Gasteiger partial charge in [-0.05, 0) is 51.1 Å². The maximum atomic E-state index is 12.6. The van der Waals surface area contributed by atoms with Crippen molar-refractivity contribution in [2.45, 2.75) is 51.5 Å². The van der Waals surface area contributed by atoms with Crippen LogP contribution >= 0.6 is 0 Å². The van der Waals surface area contributed by atoms with Gasteiger partial charge in [-0.15, -0.1) is 0 Å². The summed E-state index contributed by atoms with van der Waals surface area (Å²) in [4.78, 5) is 24.1. The summed E-state index contributed by atoms with van der Waals surface area (Å²) in [6.07, 6.45) is 5.46. The van der Waals surface area contributed by atoms with E-state index in [0.717, 1.165) is 61.5 Å². The summed E-state index contributed by atoms with van der Waals surface area (Å²) in [7, 11) is 0. The molecule has 0 unspecified atom stereocenters. The zero-order valence-electron chi connectivity index (χ0n) is 15.4. The molecule has 136 valence electrons. The Morgan fingerprint density at radius 1 is 1.19 bits per heavy atom. The Morgan fingerprint density at radius 2 is 2.04 bits per heavy atom. The number of amides is 1. The molecule has 4 rings (SSSR count). The number of rotatable bonds is 5. The molecule has 1 atom stereocenters. The van der Waals surface area contributed by atoms with Crippen LogP contribution in [-0.2, 0) is 17.6 Å². The molecule has 1 saturated heterocycles. The van der Waals surface area contributed by atoms with Crippen molar-refractivity contribution in [2.75, 3.05) is 18.0 Å². The molecule has 0 aliphatic carbocycles. The summed E-state index contributed by atoms with van der Waals surface area (Å²) in [5.41, 5.74) is 3.48. The Bertz CT molecular complexity index is 784. The summed E-state index contributed by atoms with van der Waals surface area (Å²) >= 11 is 0. The van der Waals surface area contributed by atoms with Crippen LogP contribution in [0, 0.1) is 6.92 Å². The molecule has 1 fully saturated rings. The van der Waals surface area contributed by atoms with Crippen molar-refractivity contribution in [3.05, 3.63) is 53.0 Å². The predicted octanol–water partition coefficient (Wildman–Crippen LogP) is 3.12. The van der Waals surface area contributed by atoms with Crippen LogP contribution in [0.5, 0.6) is 0 Å². The van der Waals surface area contributed by atoms with Crippen LogP contribution in [0.4, 0.5) is 5.82 Å². The quantitative estimate of drug-likeness (QED) is 0.900. The first-order valence-electron chi connectivity index (χ1n) is 9.67. The molecule has 0 spiro atoms. The van der Waals surface area contributed by atoms with Crippen LogP contribution in [-0.4, -0.2) is 29.0 Å². The van der Waals surface area contributed by atoms with Crippen molar-refractivity contribution in [1.29, 1.82) is 0 Å². The topological polar surface area (TPSA) is 58.1 Å². The largest absolute Gasteiger partial charge is 0.307 e. The number of aromatic nitrogens is 2. The molecule has 0 radical (unpaired) electrons. The SMILES string of the molecule is Cc1nc([C@H]2CCCN2)nc2c1CCC(=O)N2CCCc1ccccc1. The molecule has 1 aromatic carbocycles. The van der Waals surface area contributed by atoms with E-state index < -0.39 is 0 Å². The molecule has 2 aliphatic rings. The second-order valence-corrected chi connectivity index (χ2v) is 7.25. The molecular weight excluding hydrogens is 324 g/mol. The normalized spacial score (nSPS) is 19.7.